The Morgan fingerprint density at radius 2 is 1.88 bits per heavy atom. The van der Waals surface area contributed by atoms with Gasteiger partial charge in [0.05, 0.1) is 0 Å². The number of rotatable bonds is 3. The lowest BCUT2D eigenvalue weighted by Gasteiger charge is -2.08. The first-order valence-corrected chi connectivity index (χ1v) is 5.00. The Morgan fingerprint density at radius 3 is 2.44 bits per heavy atom. The van der Waals surface area contributed by atoms with Gasteiger partial charge in [-0.05, 0) is 5.56 Å². The van der Waals surface area contributed by atoms with Gasteiger partial charge >= 0.3 is 0 Å². The lowest BCUT2D eigenvalue weighted by atomic mass is 10.2. The third kappa shape index (κ3) is 1.95. The Balaban J connectivity index is 2.00. The number of imide groups is 1. The van der Waals surface area contributed by atoms with Crippen molar-refractivity contribution >= 4 is 11.8 Å². The van der Waals surface area contributed by atoms with Crippen LogP contribution in [0.2, 0.25) is 0 Å². The van der Waals surface area contributed by atoms with Crippen LogP contribution in [-0.4, -0.2) is 23.8 Å². The van der Waals surface area contributed by atoms with Crippen molar-refractivity contribution in [2.45, 2.75) is 6.54 Å². The Morgan fingerprint density at radius 1 is 1.19 bits per heavy atom. The van der Waals surface area contributed by atoms with Crippen molar-refractivity contribution in [3.63, 3.8) is 0 Å². The molecule has 16 heavy (non-hydrogen) atoms. The molecule has 1 aromatic carbocycles. The van der Waals surface area contributed by atoms with Crippen LogP contribution in [0.1, 0.15) is 5.56 Å². The molecule has 0 bridgehead atoms. The molecule has 0 saturated carbocycles. The molecule has 0 unspecified atom stereocenters. The molecule has 0 aromatic heterocycles. The molecular formula is C12H12N2O2. The maximum atomic E-state index is 11.5. The molecule has 0 atom stereocenters. The molecule has 4 heteroatoms. The lowest BCUT2D eigenvalue weighted by Crippen LogP contribution is -2.29. The number of likely N-dealkylation sites (N-methyl/N-ethyl adjacent to an activating group) is 1. The summed E-state index contributed by atoms with van der Waals surface area (Å²) >= 11 is 0. The molecule has 1 aliphatic heterocycles. The number of carbonyl (C=O) groups excluding carboxylic acids is 2. The van der Waals surface area contributed by atoms with Gasteiger partial charge in [-0.2, -0.15) is 0 Å². The Bertz CT molecular complexity index is 451. The average Bonchev–Trinajstić information content (AvgIpc) is 2.56. The summed E-state index contributed by atoms with van der Waals surface area (Å²) in [5.74, 6) is -0.554. The maximum absolute atomic E-state index is 11.5. The molecular weight excluding hydrogens is 204 g/mol. The highest BCUT2D eigenvalue weighted by atomic mass is 16.2. The summed E-state index contributed by atoms with van der Waals surface area (Å²) in [4.78, 5) is 23.8. The maximum Gasteiger partial charge on any atom is 0.276 e. The van der Waals surface area contributed by atoms with E-state index in [1.807, 2.05) is 30.3 Å². The van der Waals surface area contributed by atoms with Crippen molar-refractivity contribution in [3.8, 4) is 0 Å². The van der Waals surface area contributed by atoms with Gasteiger partial charge in [0.2, 0.25) is 0 Å². The summed E-state index contributed by atoms with van der Waals surface area (Å²) < 4.78 is 0. The van der Waals surface area contributed by atoms with Crippen LogP contribution in [0, 0.1) is 0 Å². The molecule has 2 amide bonds. The first-order chi connectivity index (χ1) is 7.68. The Labute approximate surface area is 93.6 Å². The SMILES string of the molecule is CN1C(=O)C=C(NCc2ccccc2)C1=O. The van der Waals surface area contributed by atoms with Crippen molar-refractivity contribution in [1.29, 1.82) is 0 Å². The second-order valence-electron chi connectivity index (χ2n) is 3.60. The summed E-state index contributed by atoms with van der Waals surface area (Å²) in [6, 6.07) is 9.70. The van der Waals surface area contributed by atoms with Crippen molar-refractivity contribution in [3.05, 3.63) is 47.7 Å². The van der Waals surface area contributed by atoms with Crippen LogP contribution in [0.15, 0.2) is 42.1 Å². The number of carbonyl (C=O) groups is 2. The monoisotopic (exact) mass is 216 g/mol. The van der Waals surface area contributed by atoms with Gasteiger partial charge in [0, 0.05) is 19.7 Å². The summed E-state index contributed by atoms with van der Waals surface area (Å²) in [6.07, 6.45) is 1.32. The number of hydrogen-bond acceptors (Lipinski definition) is 3. The smallest absolute Gasteiger partial charge is 0.276 e. The van der Waals surface area contributed by atoms with E-state index in [1.54, 1.807) is 0 Å². The predicted molar refractivity (Wildman–Crippen MR) is 59.1 cm³/mol. The lowest BCUT2D eigenvalue weighted by molar-refractivity contribution is -0.135. The van der Waals surface area contributed by atoms with Crippen LogP contribution in [0.4, 0.5) is 0 Å². The highest BCUT2D eigenvalue weighted by molar-refractivity contribution is 6.15. The summed E-state index contributed by atoms with van der Waals surface area (Å²) in [5, 5.41) is 2.96. The van der Waals surface area contributed by atoms with Gasteiger partial charge in [-0.25, -0.2) is 0 Å². The van der Waals surface area contributed by atoms with E-state index in [-0.39, 0.29) is 11.8 Å². The zero-order chi connectivity index (χ0) is 11.5. The Kier molecular flexibility index (Phi) is 2.72. The zero-order valence-electron chi connectivity index (χ0n) is 8.93. The van der Waals surface area contributed by atoms with Crippen molar-refractivity contribution in [1.82, 2.24) is 10.2 Å². The normalized spacial score (nSPS) is 15.3. The highest BCUT2D eigenvalue weighted by Gasteiger charge is 2.27. The zero-order valence-corrected chi connectivity index (χ0v) is 8.93. The highest BCUT2D eigenvalue weighted by Crippen LogP contribution is 2.08. The minimum Gasteiger partial charge on any atom is -0.376 e. The van der Waals surface area contributed by atoms with Gasteiger partial charge in [0.15, 0.2) is 0 Å². The van der Waals surface area contributed by atoms with E-state index >= 15 is 0 Å². The van der Waals surface area contributed by atoms with Gasteiger partial charge < -0.3 is 5.32 Å². The van der Waals surface area contributed by atoms with E-state index < -0.39 is 0 Å². The van der Waals surface area contributed by atoms with E-state index in [4.69, 9.17) is 0 Å². The fraction of sp³-hybridized carbons (Fsp3) is 0.167. The van der Waals surface area contributed by atoms with E-state index in [2.05, 4.69) is 5.32 Å². The van der Waals surface area contributed by atoms with Crippen LogP contribution in [0.5, 0.6) is 0 Å². The molecule has 0 fully saturated rings. The molecule has 1 aliphatic rings. The fourth-order valence-electron chi connectivity index (χ4n) is 1.48. The first kappa shape index (κ1) is 10.4. The van der Waals surface area contributed by atoms with Gasteiger partial charge in [-0.3, -0.25) is 14.5 Å². The summed E-state index contributed by atoms with van der Waals surface area (Å²) in [6.45, 7) is 0.541. The van der Waals surface area contributed by atoms with E-state index in [0.29, 0.717) is 12.2 Å². The molecule has 0 spiro atoms. The predicted octanol–water partition coefficient (Wildman–Crippen LogP) is 0.659. The average molecular weight is 216 g/mol. The van der Waals surface area contributed by atoms with Gasteiger partial charge in [0.25, 0.3) is 11.8 Å². The van der Waals surface area contributed by atoms with Gasteiger partial charge in [0.1, 0.15) is 5.70 Å². The minimum atomic E-state index is -0.277. The quantitative estimate of drug-likeness (QED) is 0.755. The number of nitrogens with one attached hydrogen (secondary N) is 1. The number of benzene rings is 1. The third-order valence-electron chi connectivity index (χ3n) is 2.46. The van der Waals surface area contributed by atoms with Crippen LogP contribution in [0.3, 0.4) is 0 Å². The molecule has 0 radical (unpaired) electrons. The standard InChI is InChI=1S/C12H12N2O2/c1-14-11(15)7-10(12(14)16)13-8-9-5-3-2-4-6-9/h2-7,13H,8H2,1H3. The second-order valence-corrected chi connectivity index (χ2v) is 3.60. The number of amides is 2. The molecule has 0 saturated heterocycles. The van der Waals surface area contributed by atoms with E-state index in [1.165, 1.54) is 13.1 Å². The van der Waals surface area contributed by atoms with Gasteiger partial charge in [-0.1, -0.05) is 30.3 Å². The van der Waals surface area contributed by atoms with E-state index in [9.17, 15) is 9.59 Å². The fourth-order valence-corrected chi connectivity index (χ4v) is 1.48. The molecule has 4 nitrogen and oxygen atoms in total. The van der Waals surface area contributed by atoms with Gasteiger partial charge in [-0.15, -0.1) is 0 Å². The third-order valence-corrected chi connectivity index (χ3v) is 2.46. The second kappa shape index (κ2) is 4.18. The minimum absolute atomic E-state index is 0.277. The van der Waals surface area contributed by atoms with E-state index in [0.717, 1.165) is 10.5 Å². The van der Waals surface area contributed by atoms with Crippen LogP contribution >= 0.6 is 0 Å². The number of hydrogen-bond donors (Lipinski definition) is 1. The first-order valence-electron chi connectivity index (χ1n) is 5.00. The summed E-state index contributed by atoms with van der Waals surface area (Å²) in [7, 11) is 1.47. The summed E-state index contributed by atoms with van der Waals surface area (Å²) in [5.41, 5.74) is 1.43. The number of nitrogens with zero attached hydrogens (tertiary/aromatic N) is 1. The van der Waals surface area contributed by atoms with Crippen molar-refractivity contribution < 1.29 is 9.59 Å². The molecule has 0 aliphatic carbocycles. The van der Waals surface area contributed by atoms with Crippen LogP contribution < -0.4 is 5.32 Å². The molecule has 1 aromatic rings. The largest absolute Gasteiger partial charge is 0.376 e. The molecule has 82 valence electrons. The van der Waals surface area contributed by atoms with Crippen molar-refractivity contribution in [2.24, 2.45) is 0 Å². The van der Waals surface area contributed by atoms with Crippen LogP contribution in [-0.2, 0) is 16.1 Å². The van der Waals surface area contributed by atoms with Crippen LogP contribution in [0.25, 0.3) is 0 Å². The Hall–Kier alpha value is -2.10. The molecule has 1 N–H and O–H groups in total. The van der Waals surface area contributed by atoms with Crippen molar-refractivity contribution in [2.75, 3.05) is 7.05 Å². The molecule has 1 heterocycles. The molecule has 2 rings (SSSR count). The topological polar surface area (TPSA) is 49.4 Å².